The molecule has 0 bridgehead atoms. The van der Waals surface area contributed by atoms with E-state index in [4.69, 9.17) is 4.74 Å². The number of imidazole rings is 1. The Bertz CT molecular complexity index is 352. The topological polar surface area (TPSA) is 42.3 Å². The van der Waals surface area contributed by atoms with Gasteiger partial charge in [0.1, 0.15) is 5.82 Å². The monoisotopic (exact) mass is 238 g/mol. The summed E-state index contributed by atoms with van der Waals surface area (Å²) in [5, 5.41) is 3.48. The molecule has 2 heterocycles. The molecule has 0 amide bonds. The highest BCUT2D eigenvalue weighted by Gasteiger charge is 2.19. The summed E-state index contributed by atoms with van der Waals surface area (Å²) >= 11 is 0. The Balaban J connectivity index is 1.80. The van der Waals surface area contributed by atoms with Gasteiger partial charge in [-0.1, -0.05) is 0 Å². The van der Waals surface area contributed by atoms with Crippen LogP contribution in [-0.2, 0) is 11.8 Å². The number of ether oxygens (including phenoxy) is 1. The number of nitrogens with one attached hydrogen (secondary N) is 1. The van der Waals surface area contributed by atoms with Crippen molar-refractivity contribution in [2.45, 2.75) is 19.1 Å². The number of hydrogen-bond donors (Lipinski definition) is 1. The number of aromatic nitrogens is 2. The van der Waals surface area contributed by atoms with E-state index >= 15 is 0 Å². The van der Waals surface area contributed by atoms with E-state index in [2.05, 4.69) is 29.2 Å². The van der Waals surface area contributed by atoms with E-state index in [1.807, 2.05) is 24.0 Å². The minimum absolute atomic E-state index is 0.255. The minimum Gasteiger partial charge on any atom is -0.374 e. The molecule has 2 rings (SSSR count). The molecule has 1 fully saturated rings. The first-order valence-corrected chi connectivity index (χ1v) is 6.17. The number of rotatable bonds is 4. The van der Waals surface area contributed by atoms with Gasteiger partial charge in [-0.3, -0.25) is 0 Å². The van der Waals surface area contributed by atoms with E-state index in [0.717, 1.165) is 32.1 Å². The second-order valence-corrected chi connectivity index (χ2v) is 4.78. The van der Waals surface area contributed by atoms with Crippen molar-refractivity contribution in [1.82, 2.24) is 19.8 Å². The minimum atomic E-state index is 0.255. The van der Waals surface area contributed by atoms with Gasteiger partial charge in [0.25, 0.3) is 0 Å². The van der Waals surface area contributed by atoms with Gasteiger partial charge in [0, 0.05) is 39.1 Å². The van der Waals surface area contributed by atoms with Gasteiger partial charge in [0.2, 0.25) is 0 Å². The van der Waals surface area contributed by atoms with Crippen molar-refractivity contribution in [2.75, 3.05) is 33.3 Å². The van der Waals surface area contributed by atoms with E-state index in [9.17, 15) is 0 Å². The molecule has 0 radical (unpaired) electrons. The van der Waals surface area contributed by atoms with Crippen LogP contribution in [0.15, 0.2) is 12.4 Å². The SMILES string of the molecule is CC(NCC1CN(C)CCO1)c1nccn1C. The largest absolute Gasteiger partial charge is 0.374 e. The van der Waals surface area contributed by atoms with Crippen molar-refractivity contribution in [3.63, 3.8) is 0 Å². The molecular formula is C12H22N4O. The standard InChI is InChI=1S/C12H22N4O/c1-10(12-13-4-5-16(12)3)14-8-11-9-15(2)6-7-17-11/h4-5,10-11,14H,6-9H2,1-3H3. The average molecular weight is 238 g/mol. The Labute approximate surface area is 103 Å². The first-order valence-electron chi connectivity index (χ1n) is 6.17. The van der Waals surface area contributed by atoms with Crippen LogP contribution in [0, 0.1) is 0 Å². The predicted octanol–water partition coefficient (Wildman–Crippen LogP) is 0.401. The zero-order valence-corrected chi connectivity index (χ0v) is 10.9. The van der Waals surface area contributed by atoms with E-state index in [-0.39, 0.29) is 12.1 Å². The molecule has 1 N–H and O–H groups in total. The molecule has 17 heavy (non-hydrogen) atoms. The maximum Gasteiger partial charge on any atom is 0.125 e. The predicted molar refractivity (Wildman–Crippen MR) is 66.9 cm³/mol. The van der Waals surface area contributed by atoms with Crippen LogP contribution >= 0.6 is 0 Å². The van der Waals surface area contributed by atoms with Crippen molar-refractivity contribution in [2.24, 2.45) is 7.05 Å². The molecule has 5 heteroatoms. The summed E-state index contributed by atoms with van der Waals surface area (Å²) in [7, 11) is 4.16. The van der Waals surface area contributed by atoms with Crippen molar-refractivity contribution >= 4 is 0 Å². The molecule has 0 aliphatic carbocycles. The zero-order valence-electron chi connectivity index (χ0n) is 10.9. The number of likely N-dealkylation sites (N-methyl/N-ethyl adjacent to an activating group) is 1. The molecule has 5 nitrogen and oxygen atoms in total. The van der Waals surface area contributed by atoms with Crippen LogP contribution in [0.5, 0.6) is 0 Å². The Morgan fingerprint density at radius 1 is 1.59 bits per heavy atom. The van der Waals surface area contributed by atoms with Crippen LogP contribution in [-0.4, -0.2) is 53.8 Å². The average Bonchev–Trinajstić information content (AvgIpc) is 2.72. The van der Waals surface area contributed by atoms with Crippen molar-refractivity contribution < 1.29 is 4.74 Å². The summed E-state index contributed by atoms with van der Waals surface area (Å²) in [4.78, 5) is 6.65. The second-order valence-electron chi connectivity index (χ2n) is 4.78. The summed E-state index contributed by atoms with van der Waals surface area (Å²) in [5.74, 6) is 1.06. The van der Waals surface area contributed by atoms with Crippen LogP contribution < -0.4 is 5.32 Å². The van der Waals surface area contributed by atoms with Crippen LogP contribution in [0.25, 0.3) is 0 Å². The molecule has 1 aromatic heterocycles. The molecular weight excluding hydrogens is 216 g/mol. The molecule has 0 spiro atoms. The lowest BCUT2D eigenvalue weighted by molar-refractivity contribution is -0.0192. The zero-order chi connectivity index (χ0) is 12.3. The van der Waals surface area contributed by atoms with Crippen molar-refractivity contribution in [3.05, 3.63) is 18.2 Å². The van der Waals surface area contributed by atoms with Crippen LogP contribution in [0.1, 0.15) is 18.8 Å². The first-order chi connectivity index (χ1) is 8.16. The molecule has 2 unspecified atom stereocenters. The van der Waals surface area contributed by atoms with Gasteiger partial charge in [0.05, 0.1) is 18.8 Å². The highest BCUT2D eigenvalue weighted by Crippen LogP contribution is 2.09. The summed E-state index contributed by atoms with van der Waals surface area (Å²) in [6.45, 7) is 5.87. The molecule has 96 valence electrons. The van der Waals surface area contributed by atoms with E-state index in [0.29, 0.717) is 0 Å². The fraction of sp³-hybridized carbons (Fsp3) is 0.750. The molecule has 1 aliphatic rings. The van der Waals surface area contributed by atoms with Crippen LogP contribution in [0.4, 0.5) is 0 Å². The third-order valence-corrected chi connectivity index (χ3v) is 3.24. The quantitative estimate of drug-likeness (QED) is 0.824. The summed E-state index contributed by atoms with van der Waals surface area (Å²) in [5.41, 5.74) is 0. The normalized spacial score (nSPS) is 23.8. The number of nitrogens with zero attached hydrogens (tertiary/aromatic N) is 3. The maximum atomic E-state index is 5.71. The van der Waals surface area contributed by atoms with Gasteiger partial charge in [0.15, 0.2) is 0 Å². The lowest BCUT2D eigenvalue weighted by Gasteiger charge is -2.30. The fourth-order valence-electron chi connectivity index (χ4n) is 2.18. The highest BCUT2D eigenvalue weighted by atomic mass is 16.5. The molecule has 0 saturated carbocycles. The Hall–Kier alpha value is -0.910. The fourth-order valence-corrected chi connectivity index (χ4v) is 2.18. The maximum absolute atomic E-state index is 5.71. The Kier molecular flexibility index (Phi) is 4.15. The van der Waals surface area contributed by atoms with Gasteiger partial charge in [-0.15, -0.1) is 0 Å². The lowest BCUT2D eigenvalue weighted by atomic mass is 10.2. The van der Waals surface area contributed by atoms with Gasteiger partial charge in [-0.25, -0.2) is 4.98 Å². The molecule has 1 aromatic rings. The van der Waals surface area contributed by atoms with E-state index < -0.39 is 0 Å². The molecule has 1 saturated heterocycles. The third-order valence-electron chi connectivity index (χ3n) is 3.24. The first kappa shape index (κ1) is 12.5. The van der Waals surface area contributed by atoms with Gasteiger partial charge in [-0.05, 0) is 14.0 Å². The molecule has 2 atom stereocenters. The van der Waals surface area contributed by atoms with Gasteiger partial charge < -0.3 is 19.5 Å². The van der Waals surface area contributed by atoms with Crippen molar-refractivity contribution in [1.29, 1.82) is 0 Å². The number of morpholine rings is 1. The van der Waals surface area contributed by atoms with Gasteiger partial charge in [-0.2, -0.15) is 0 Å². The number of aryl methyl sites for hydroxylation is 1. The highest BCUT2D eigenvalue weighted by molar-refractivity contribution is 4.97. The Morgan fingerprint density at radius 2 is 2.41 bits per heavy atom. The summed E-state index contributed by atoms with van der Waals surface area (Å²) < 4.78 is 7.76. The smallest absolute Gasteiger partial charge is 0.125 e. The van der Waals surface area contributed by atoms with E-state index in [1.54, 1.807) is 0 Å². The van der Waals surface area contributed by atoms with E-state index in [1.165, 1.54) is 0 Å². The van der Waals surface area contributed by atoms with Gasteiger partial charge >= 0.3 is 0 Å². The lowest BCUT2D eigenvalue weighted by Crippen LogP contribution is -2.45. The summed E-state index contributed by atoms with van der Waals surface area (Å²) in [6, 6.07) is 0.255. The Morgan fingerprint density at radius 3 is 3.06 bits per heavy atom. The summed E-state index contributed by atoms with van der Waals surface area (Å²) in [6.07, 6.45) is 4.09. The van der Waals surface area contributed by atoms with Crippen LogP contribution in [0.3, 0.4) is 0 Å². The van der Waals surface area contributed by atoms with Crippen LogP contribution in [0.2, 0.25) is 0 Å². The van der Waals surface area contributed by atoms with Crippen molar-refractivity contribution in [3.8, 4) is 0 Å². The third kappa shape index (κ3) is 3.28. The molecule has 0 aromatic carbocycles. The number of hydrogen-bond acceptors (Lipinski definition) is 4. The second kappa shape index (κ2) is 5.62. The molecule has 1 aliphatic heterocycles.